The number of rotatable bonds is 2. The molecule has 1 aromatic heterocycles. The van der Waals surface area contributed by atoms with E-state index in [1.807, 2.05) is 0 Å². The van der Waals surface area contributed by atoms with Crippen molar-refractivity contribution in [2.45, 2.75) is 19.3 Å². The van der Waals surface area contributed by atoms with Gasteiger partial charge in [0.2, 0.25) is 4.73 Å². The molecule has 6 heteroatoms. The van der Waals surface area contributed by atoms with Gasteiger partial charge in [0.1, 0.15) is 0 Å². The van der Waals surface area contributed by atoms with Gasteiger partial charge in [0, 0.05) is 6.42 Å². The Labute approximate surface area is 69.9 Å². The highest BCUT2D eigenvalue weighted by molar-refractivity contribution is 9.10. The van der Waals surface area contributed by atoms with Gasteiger partial charge in [0.05, 0.1) is 0 Å². The van der Waals surface area contributed by atoms with Gasteiger partial charge in [-0.05, 0) is 21.1 Å². The van der Waals surface area contributed by atoms with E-state index in [9.17, 15) is 8.78 Å². The number of nitrogens with zero attached hydrogens (tertiary/aromatic N) is 2. The molecule has 1 rings (SSSR count). The van der Waals surface area contributed by atoms with Crippen molar-refractivity contribution in [1.29, 1.82) is 0 Å². The molecule has 11 heavy (non-hydrogen) atoms. The average molecular weight is 227 g/mol. The van der Waals surface area contributed by atoms with Gasteiger partial charge < -0.3 is 4.52 Å². The Balaban J connectivity index is 2.92. The quantitative estimate of drug-likeness (QED) is 0.778. The molecule has 0 saturated heterocycles. The zero-order valence-corrected chi connectivity index (χ0v) is 7.23. The minimum Gasteiger partial charge on any atom is -0.332 e. The second-order valence-electron chi connectivity index (χ2n) is 1.93. The van der Waals surface area contributed by atoms with Crippen molar-refractivity contribution in [1.82, 2.24) is 10.1 Å². The third kappa shape index (κ3) is 1.74. The van der Waals surface area contributed by atoms with Crippen molar-refractivity contribution in [2.75, 3.05) is 0 Å². The lowest BCUT2D eigenvalue weighted by Gasteiger charge is -2.05. The van der Waals surface area contributed by atoms with Crippen LogP contribution in [0.2, 0.25) is 0 Å². The van der Waals surface area contributed by atoms with Crippen LogP contribution in [0, 0.1) is 0 Å². The SMILES string of the molecule is CCC(F)(F)c1nc(Br)no1. The maximum absolute atomic E-state index is 12.7. The average Bonchev–Trinajstić information content (AvgIpc) is 2.36. The van der Waals surface area contributed by atoms with Crippen LogP contribution in [0.15, 0.2) is 9.26 Å². The Bertz CT molecular complexity index is 250. The minimum atomic E-state index is -3.01. The first kappa shape index (κ1) is 8.58. The molecule has 3 nitrogen and oxygen atoms in total. The molecule has 1 heterocycles. The Morgan fingerprint density at radius 1 is 1.64 bits per heavy atom. The van der Waals surface area contributed by atoms with Crippen LogP contribution in [0.3, 0.4) is 0 Å². The molecular weight excluding hydrogens is 222 g/mol. The number of hydrogen-bond acceptors (Lipinski definition) is 3. The summed E-state index contributed by atoms with van der Waals surface area (Å²) >= 11 is 2.80. The van der Waals surface area contributed by atoms with Crippen LogP contribution in [0.1, 0.15) is 19.2 Å². The number of halogens is 3. The van der Waals surface area contributed by atoms with Gasteiger partial charge in [-0.15, -0.1) is 0 Å². The van der Waals surface area contributed by atoms with E-state index >= 15 is 0 Å². The monoisotopic (exact) mass is 226 g/mol. The molecule has 1 aromatic rings. The van der Waals surface area contributed by atoms with Gasteiger partial charge in [-0.2, -0.15) is 13.8 Å². The number of aromatic nitrogens is 2. The predicted octanol–water partition coefficient (Wildman–Crippen LogP) is 2.33. The summed E-state index contributed by atoms with van der Waals surface area (Å²) in [5, 5.41) is 3.18. The highest BCUT2D eigenvalue weighted by Gasteiger charge is 2.35. The highest BCUT2D eigenvalue weighted by Crippen LogP contribution is 2.30. The lowest BCUT2D eigenvalue weighted by atomic mass is 10.3. The van der Waals surface area contributed by atoms with Gasteiger partial charge in [-0.3, -0.25) is 0 Å². The Morgan fingerprint density at radius 3 is 2.64 bits per heavy atom. The van der Waals surface area contributed by atoms with Crippen LogP contribution in [0.4, 0.5) is 8.78 Å². The van der Waals surface area contributed by atoms with Crippen LogP contribution in [-0.2, 0) is 5.92 Å². The first-order valence-corrected chi connectivity index (χ1v) is 3.73. The van der Waals surface area contributed by atoms with Gasteiger partial charge in [-0.25, -0.2) is 0 Å². The molecule has 0 spiro atoms. The van der Waals surface area contributed by atoms with Crippen LogP contribution in [-0.4, -0.2) is 10.1 Å². The number of hydrogen-bond donors (Lipinski definition) is 0. The Hall–Kier alpha value is -0.520. The summed E-state index contributed by atoms with van der Waals surface area (Å²) < 4.78 is 29.7. The molecule has 62 valence electrons. The standard InChI is InChI=1S/C5H5BrF2N2O/c1-2-5(7,8)3-9-4(6)10-11-3/h2H2,1H3. The van der Waals surface area contributed by atoms with Gasteiger partial charge >= 0.3 is 5.92 Å². The lowest BCUT2D eigenvalue weighted by molar-refractivity contribution is -0.0391. The summed E-state index contributed by atoms with van der Waals surface area (Å²) in [6.07, 6.45) is -0.346. The smallest absolute Gasteiger partial charge is 0.324 e. The van der Waals surface area contributed by atoms with Gasteiger partial charge in [0.15, 0.2) is 0 Å². The van der Waals surface area contributed by atoms with Crippen LogP contribution in [0.25, 0.3) is 0 Å². The van der Waals surface area contributed by atoms with Crippen molar-refractivity contribution in [3.8, 4) is 0 Å². The Kier molecular flexibility index (Phi) is 2.22. The highest BCUT2D eigenvalue weighted by atomic mass is 79.9. The molecule has 0 aliphatic heterocycles. The fraction of sp³-hybridized carbons (Fsp3) is 0.600. The van der Waals surface area contributed by atoms with Crippen LogP contribution >= 0.6 is 15.9 Å². The summed E-state index contributed by atoms with van der Waals surface area (Å²) in [5.41, 5.74) is 0. The molecule has 0 amide bonds. The van der Waals surface area contributed by atoms with Crippen LogP contribution < -0.4 is 0 Å². The van der Waals surface area contributed by atoms with E-state index < -0.39 is 11.8 Å². The summed E-state index contributed by atoms with van der Waals surface area (Å²) in [6.45, 7) is 1.35. The zero-order valence-electron chi connectivity index (χ0n) is 5.64. The van der Waals surface area contributed by atoms with E-state index in [0.717, 1.165) is 0 Å². The fourth-order valence-corrected chi connectivity index (χ4v) is 0.739. The van der Waals surface area contributed by atoms with Crippen molar-refractivity contribution in [2.24, 2.45) is 0 Å². The Morgan fingerprint density at radius 2 is 2.27 bits per heavy atom. The molecule has 0 atom stereocenters. The van der Waals surface area contributed by atoms with Gasteiger partial charge in [0.25, 0.3) is 5.89 Å². The summed E-state index contributed by atoms with van der Waals surface area (Å²) in [4.78, 5) is 3.34. The third-order valence-corrected chi connectivity index (χ3v) is 1.48. The molecule has 0 aromatic carbocycles. The van der Waals surface area contributed by atoms with E-state index in [4.69, 9.17) is 0 Å². The zero-order chi connectivity index (χ0) is 8.48. The minimum absolute atomic E-state index is 0.0422. The molecule has 0 bridgehead atoms. The van der Waals surface area contributed by atoms with Crippen molar-refractivity contribution < 1.29 is 13.3 Å². The first-order valence-electron chi connectivity index (χ1n) is 2.94. The first-order chi connectivity index (χ1) is 5.06. The molecule has 0 unspecified atom stereocenters. The molecular formula is C5H5BrF2N2O. The largest absolute Gasteiger partial charge is 0.332 e. The maximum Gasteiger partial charge on any atom is 0.324 e. The third-order valence-electron chi connectivity index (χ3n) is 1.16. The lowest BCUT2D eigenvalue weighted by Crippen LogP contribution is -2.11. The molecule has 0 aliphatic rings. The molecule has 0 aliphatic carbocycles. The summed E-state index contributed by atoms with van der Waals surface area (Å²) in [6, 6.07) is 0. The van der Waals surface area contributed by atoms with Crippen molar-refractivity contribution >= 4 is 15.9 Å². The van der Waals surface area contributed by atoms with E-state index in [0.29, 0.717) is 0 Å². The van der Waals surface area contributed by atoms with Crippen molar-refractivity contribution in [3.05, 3.63) is 10.6 Å². The van der Waals surface area contributed by atoms with E-state index in [-0.39, 0.29) is 11.2 Å². The molecule has 0 radical (unpaired) electrons. The topological polar surface area (TPSA) is 38.9 Å². The summed E-state index contributed by atoms with van der Waals surface area (Å²) in [7, 11) is 0. The fourth-order valence-electron chi connectivity index (χ4n) is 0.505. The predicted molar refractivity (Wildman–Crippen MR) is 36.2 cm³/mol. The molecule has 0 fully saturated rings. The molecule has 0 N–H and O–H groups in total. The van der Waals surface area contributed by atoms with E-state index in [1.54, 1.807) is 0 Å². The normalized spacial score (nSPS) is 12.0. The maximum atomic E-state index is 12.7. The van der Waals surface area contributed by atoms with E-state index in [2.05, 4.69) is 30.6 Å². The second-order valence-corrected chi connectivity index (χ2v) is 2.64. The summed E-state index contributed by atoms with van der Waals surface area (Å²) in [5.74, 6) is -3.66. The molecule has 0 saturated carbocycles. The van der Waals surface area contributed by atoms with Crippen molar-refractivity contribution in [3.63, 3.8) is 0 Å². The van der Waals surface area contributed by atoms with Gasteiger partial charge in [-0.1, -0.05) is 6.92 Å². The second kappa shape index (κ2) is 2.84. The number of alkyl halides is 2. The van der Waals surface area contributed by atoms with E-state index in [1.165, 1.54) is 6.92 Å². The van der Waals surface area contributed by atoms with Crippen LogP contribution in [0.5, 0.6) is 0 Å².